The Labute approximate surface area is 81.9 Å². The molecule has 1 unspecified atom stereocenters. The summed E-state index contributed by atoms with van der Waals surface area (Å²) in [5.74, 6) is -0.752. The molecule has 6 heteroatoms. The molecule has 14 heavy (non-hydrogen) atoms. The van der Waals surface area contributed by atoms with Crippen molar-refractivity contribution < 1.29 is 19.1 Å². The van der Waals surface area contributed by atoms with Crippen LogP contribution in [0.1, 0.15) is 12.8 Å². The molecular formula is C8H14N2O4. The van der Waals surface area contributed by atoms with Gasteiger partial charge in [0, 0.05) is 13.1 Å². The molecule has 1 atom stereocenters. The Morgan fingerprint density at radius 1 is 1.36 bits per heavy atom. The van der Waals surface area contributed by atoms with E-state index in [1.54, 1.807) is 0 Å². The van der Waals surface area contributed by atoms with Gasteiger partial charge in [-0.2, -0.15) is 0 Å². The van der Waals surface area contributed by atoms with Crippen molar-refractivity contribution in [2.45, 2.75) is 19.1 Å². The number of nitrogens with zero attached hydrogens (tertiary/aromatic N) is 1. The zero-order valence-corrected chi connectivity index (χ0v) is 8.06. The highest BCUT2D eigenvalue weighted by molar-refractivity contribution is 5.78. The first kappa shape index (κ1) is 10.8. The second kappa shape index (κ2) is 4.80. The summed E-state index contributed by atoms with van der Waals surface area (Å²) in [6.45, 7) is 1.32. The molecular weight excluding hydrogens is 188 g/mol. The van der Waals surface area contributed by atoms with Crippen LogP contribution in [0.3, 0.4) is 0 Å². The van der Waals surface area contributed by atoms with Crippen molar-refractivity contribution in [2.75, 3.05) is 20.2 Å². The largest absolute Gasteiger partial charge is 0.465 e. The van der Waals surface area contributed by atoms with Crippen molar-refractivity contribution in [3.05, 3.63) is 0 Å². The number of methoxy groups -OCH3 is 1. The Hall–Kier alpha value is -1.30. The van der Waals surface area contributed by atoms with E-state index in [2.05, 4.69) is 9.47 Å². The Bertz CT molecular complexity index is 225. The van der Waals surface area contributed by atoms with Gasteiger partial charge in [-0.05, 0) is 12.8 Å². The van der Waals surface area contributed by atoms with E-state index >= 15 is 0 Å². The van der Waals surface area contributed by atoms with Gasteiger partial charge in [0.2, 0.25) is 0 Å². The van der Waals surface area contributed by atoms with Crippen LogP contribution < -0.4 is 5.73 Å². The zero-order valence-electron chi connectivity index (χ0n) is 8.06. The third-order valence-electron chi connectivity index (χ3n) is 2.03. The maximum atomic E-state index is 11.3. The summed E-state index contributed by atoms with van der Waals surface area (Å²) in [5.41, 5.74) is 5.25. The highest BCUT2D eigenvalue weighted by Crippen LogP contribution is 2.09. The first-order valence-electron chi connectivity index (χ1n) is 4.44. The SMILES string of the molecule is COC(=O)C(N)OC(=O)N1CCCC1. The minimum absolute atomic E-state index is 0.555. The van der Waals surface area contributed by atoms with Crippen molar-refractivity contribution in [1.29, 1.82) is 0 Å². The normalized spacial score (nSPS) is 17.7. The van der Waals surface area contributed by atoms with Crippen molar-refractivity contribution in [2.24, 2.45) is 5.73 Å². The van der Waals surface area contributed by atoms with E-state index in [0.29, 0.717) is 13.1 Å². The average Bonchev–Trinajstić information content (AvgIpc) is 2.69. The van der Waals surface area contributed by atoms with Crippen LogP contribution >= 0.6 is 0 Å². The number of hydrogen-bond donors (Lipinski definition) is 1. The Balaban J connectivity index is 2.35. The molecule has 0 aromatic rings. The van der Waals surface area contributed by atoms with Gasteiger partial charge in [-0.25, -0.2) is 9.59 Å². The van der Waals surface area contributed by atoms with Crippen molar-refractivity contribution in [1.82, 2.24) is 4.90 Å². The maximum Gasteiger partial charge on any atom is 0.411 e. The summed E-state index contributed by atoms with van der Waals surface area (Å²) in [6.07, 6.45) is 0.0407. The number of hydrogen-bond acceptors (Lipinski definition) is 5. The third kappa shape index (κ3) is 2.59. The lowest BCUT2D eigenvalue weighted by Crippen LogP contribution is -2.40. The van der Waals surface area contributed by atoms with E-state index in [9.17, 15) is 9.59 Å². The lowest BCUT2D eigenvalue weighted by Gasteiger charge is -2.17. The molecule has 1 heterocycles. The summed E-state index contributed by atoms with van der Waals surface area (Å²) in [4.78, 5) is 23.6. The molecule has 1 amide bonds. The number of carbonyl (C=O) groups excluding carboxylic acids is 2. The summed E-state index contributed by atoms with van der Waals surface area (Å²) in [6, 6.07) is 0. The van der Waals surface area contributed by atoms with Crippen LogP contribution in [0, 0.1) is 0 Å². The summed E-state index contributed by atoms with van der Waals surface area (Å²) >= 11 is 0. The number of ether oxygens (including phenoxy) is 2. The highest BCUT2D eigenvalue weighted by atomic mass is 16.6. The van der Waals surface area contributed by atoms with E-state index in [4.69, 9.17) is 5.73 Å². The zero-order chi connectivity index (χ0) is 10.6. The average molecular weight is 202 g/mol. The molecule has 0 bridgehead atoms. The molecule has 80 valence electrons. The lowest BCUT2D eigenvalue weighted by atomic mass is 10.4. The predicted octanol–water partition coefficient (Wildman–Crippen LogP) is -0.323. The Morgan fingerprint density at radius 3 is 2.43 bits per heavy atom. The van der Waals surface area contributed by atoms with Crippen LogP contribution in [0.2, 0.25) is 0 Å². The van der Waals surface area contributed by atoms with Crippen LogP contribution in [0.15, 0.2) is 0 Å². The van der Waals surface area contributed by atoms with E-state index in [0.717, 1.165) is 12.8 Å². The molecule has 2 N–H and O–H groups in total. The molecule has 1 aliphatic heterocycles. The van der Waals surface area contributed by atoms with Gasteiger partial charge in [0.15, 0.2) is 0 Å². The minimum atomic E-state index is -1.33. The number of nitrogens with two attached hydrogens (primary N) is 1. The van der Waals surface area contributed by atoms with Crippen molar-refractivity contribution >= 4 is 12.1 Å². The minimum Gasteiger partial charge on any atom is -0.465 e. The van der Waals surface area contributed by atoms with Gasteiger partial charge in [-0.1, -0.05) is 0 Å². The van der Waals surface area contributed by atoms with Gasteiger partial charge in [0.05, 0.1) is 7.11 Å². The predicted molar refractivity (Wildman–Crippen MR) is 47.3 cm³/mol. The van der Waals surface area contributed by atoms with Gasteiger partial charge in [0.25, 0.3) is 6.23 Å². The lowest BCUT2D eigenvalue weighted by molar-refractivity contribution is -0.150. The molecule has 0 spiro atoms. The van der Waals surface area contributed by atoms with Gasteiger partial charge >= 0.3 is 12.1 Å². The van der Waals surface area contributed by atoms with E-state index in [-0.39, 0.29) is 0 Å². The standard InChI is InChI=1S/C8H14N2O4/c1-13-7(11)6(9)14-8(12)10-4-2-3-5-10/h6H,2-5,9H2,1H3. The van der Waals surface area contributed by atoms with Gasteiger partial charge in [-0.3, -0.25) is 5.73 Å². The van der Waals surface area contributed by atoms with Gasteiger partial charge in [-0.15, -0.1) is 0 Å². The number of likely N-dealkylation sites (tertiary alicyclic amines) is 1. The first-order valence-corrected chi connectivity index (χ1v) is 4.44. The highest BCUT2D eigenvalue weighted by Gasteiger charge is 2.24. The second-order valence-electron chi connectivity index (χ2n) is 3.02. The maximum absolute atomic E-state index is 11.3. The smallest absolute Gasteiger partial charge is 0.411 e. The number of esters is 1. The Morgan fingerprint density at radius 2 is 1.93 bits per heavy atom. The number of rotatable bonds is 2. The molecule has 6 nitrogen and oxygen atoms in total. The third-order valence-corrected chi connectivity index (χ3v) is 2.03. The molecule has 0 aliphatic carbocycles. The van der Waals surface area contributed by atoms with Crippen LogP contribution in [-0.4, -0.2) is 43.4 Å². The summed E-state index contributed by atoms with van der Waals surface area (Å²) in [7, 11) is 1.19. The van der Waals surface area contributed by atoms with Crippen LogP contribution in [0.4, 0.5) is 4.79 Å². The topological polar surface area (TPSA) is 81.9 Å². The van der Waals surface area contributed by atoms with Gasteiger partial charge < -0.3 is 14.4 Å². The van der Waals surface area contributed by atoms with E-state index < -0.39 is 18.3 Å². The molecule has 0 saturated carbocycles. The van der Waals surface area contributed by atoms with Crippen molar-refractivity contribution in [3.8, 4) is 0 Å². The van der Waals surface area contributed by atoms with Crippen LogP contribution in [0.25, 0.3) is 0 Å². The second-order valence-corrected chi connectivity index (χ2v) is 3.02. The molecule has 0 aromatic heterocycles. The fraction of sp³-hybridized carbons (Fsp3) is 0.750. The molecule has 0 radical (unpaired) electrons. The molecule has 1 aliphatic rings. The summed E-state index contributed by atoms with van der Waals surface area (Å²) in [5, 5.41) is 0. The van der Waals surface area contributed by atoms with Crippen LogP contribution in [-0.2, 0) is 14.3 Å². The van der Waals surface area contributed by atoms with E-state index in [1.807, 2.05) is 0 Å². The number of amides is 1. The monoisotopic (exact) mass is 202 g/mol. The fourth-order valence-electron chi connectivity index (χ4n) is 1.25. The molecule has 1 rings (SSSR count). The molecule has 1 fully saturated rings. The van der Waals surface area contributed by atoms with Crippen LogP contribution in [0.5, 0.6) is 0 Å². The van der Waals surface area contributed by atoms with Gasteiger partial charge in [0.1, 0.15) is 0 Å². The fourth-order valence-corrected chi connectivity index (χ4v) is 1.25. The Kier molecular flexibility index (Phi) is 3.70. The van der Waals surface area contributed by atoms with Crippen molar-refractivity contribution in [3.63, 3.8) is 0 Å². The van der Waals surface area contributed by atoms with E-state index in [1.165, 1.54) is 12.0 Å². The quantitative estimate of drug-likeness (QED) is 0.490. The summed E-state index contributed by atoms with van der Waals surface area (Å²) < 4.78 is 8.99. The molecule has 0 aromatic carbocycles. The first-order chi connectivity index (χ1) is 6.65. The molecule has 1 saturated heterocycles. The number of carbonyl (C=O) groups is 2.